The highest BCUT2D eigenvalue weighted by atomic mass is 32.2. The molecular formula is C19H15N3O4S. The van der Waals surface area contributed by atoms with Crippen LogP contribution in [0.15, 0.2) is 57.8 Å². The Labute approximate surface area is 159 Å². The van der Waals surface area contributed by atoms with Crippen LogP contribution in [0.4, 0.5) is 5.69 Å². The summed E-state index contributed by atoms with van der Waals surface area (Å²) in [6, 6.07) is 14.4. The molecule has 136 valence electrons. The number of rotatable bonds is 4. The van der Waals surface area contributed by atoms with Crippen molar-refractivity contribution < 1.29 is 18.7 Å². The first-order chi connectivity index (χ1) is 13.1. The Hall–Kier alpha value is -3.13. The zero-order valence-electron chi connectivity index (χ0n) is 14.3. The zero-order chi connectivity index (χ0) is 18.8. The monoisotopic (exact) mass is 381 g/mol. The molecule has 7 nitrogen and oxygen atoms in total. The predicted molar refractivity (Wildman–Crippen MR) is 99.4 cm³/mol. The number of nitrogens with zero attached hydrogens (tertiary/aromatic N) is 2. The van der Waals surface area contributed by atoms with Gasteiger partial charge in [-0.25, -0.2) is 4.79 Å². The van der Waals surface area contributed by atoms with Crippen LogP contribution in [0, 0.1) is 0 Å². The Kier molecular flexibility index (Phi) is 4.64. The average molecular weight is 381 g/mol. The lowest BCUT2D eigenvalue weighted by molar-refractivity contribution is -0.113. The number of thioether (sulfide) groups is 1. The van der Waals surface area contributed by atoms with Crippen molar-refractivity contribution >= 4 is 29.3 Å². The van der Waals surface area contributed by atoms with Gasteiger partial charge < -0.3 is 14.5 Å². The number of anilines is 1. The summed E-state index contributed by atoms with van der Waals surface area (Å²) in [5.74, 6) is 0.320. The third-order valence-electron chi connectivity index (χ3n) is 3.94. The Morgan fingerprint density at radius 2 is 2.04 bits per heavy atom. The van der Waals surface area contributed by atoms with Crippen molar-refractivity contribution in [1.29, 1.82) is 0 Å². The summed E-state index contributed by atoms with van der Waals surface area (Å²) in [5, 5.41) is 10.7. The number of ether oxygens (including phenoxy) is 1. The van der Waals surface area contributed by atoms with E-state index in [1.54, 1.807) is 25.1 Å². The van der Waals surface area contributed by atoms with Gasteiger partial charge in [-0.05, 0) is 37.3 Å². The van der Waals surface area contributed by atoms with Crippen LogP contribution in [0.25, 0.3) is 11.5 Å². The summed E-state index contributed by atoms with van der Waals surface area (Å²) < 4.78 is 11.0. The number of nitrogens with one attached hydrogen (secondary N) is 1. The topological polar surface area (TPSA) is 94.3 Å². The van der Waals surface area contributed by atoms with Crippen LogP contribution in [0.5, 0.6) is 0 Å². The fraction of sp³-hybridized carbons (Fsp3) is 0.158. The van der Waals surface area contributed by atoms with Crippen LogP contribution in [-0.4, -0.2) is 27.8 Å². The third-order valence-corrected chi connectivity index (χ3v) is 5.01. The van der Waals surface area contributed by atoms with Gasteiger partial charge in [-0.1, -0.05) is 18.2 Å². The Balaban J connectivity index is 1.48. The molecule has 0 saturated heterocycles. The van der Waals surface area contributed by atoms with Gasteiger partial charge in [0, 0.05) is 10.5 Å². The maximum Gasteiger partial charge on any atom is 0.338 e. The lowest BCUT2D eigenvalue weighted by Gasteiger charge is -2.17. The molecule has 0 bridgehead atoms. The second kappa shape index (κ2) is 7.24. The smallest absolute Gasteiger partial charge is 0.338 e. The maximum atomic E-state index is 12.4. The van der Waals surface area contributed by atoms with Crippen molar-refractivity contribution in [3.05, 3.63) is 60.0 Å². The molecule has 8 heteroatoms. The third kappa shape index (κ3) is 3.70. The number of amides is 1. The first-order valence-corrected chi connectivity index (χ1v) is 9.25. The largest absolute Gasteiger partial charge is 0.449 e. The molecule has 2 aromatic carbocycles. The van der Waals surface area contributed by atoms with Crippen molar-refractivity contribution in [2.24, 2.45) is 0 Å². The fourth-order valence-corrected chi connectivity index (χ4v) is 3.37. The predicted octanol–water partition coefficient (Wildman–Crippen LogP) is 3.70. The van der Waals surface area contributed by atoms with Crippen LogP contribution in [0.2, 0.25) is 0 Å². The minimum Gasteiger partial charge on any atom is -0.449 e. The van der Waals surface area contributed by atoms with Gasteiger partial charge in [-0.2, -0.15) is 0 Å². The molecule has 2 heterocycles. The van der Waals surface area contributed by atoms with Crippen molar-refractivity contribution in [2.45, 2.75) is 17.9 Å². The number of hydrogen-bond donors (Lipinski definition) is 1. The Morgan fingerprint density at radius 3 is 2.85 bits per heavy atom. The zero-order valence-corrected chi connectivity index (χ0v) is 15.2. The standard InChI is InChI=1S/C19H15N3O4S/c1-11(17-21-22-18(26-17)12-5-3-2-4-6-12)25-19(24)13-7-8-15-14(9-13)20-16(23)10-27-15/h2-9,11H,10H2,1H3,(H,20,23). The summed E-state index contributed by atoms with van der Waals surface area (Å²) in [7, 11) is 0. The number of esters is 1. The van der Waals surface area contributed by atoms with Gasteiger partial charge in [-0.3, -0.25) is 4.79 Å². The molecule has 0 fully saturated rings. The maximum absolute atomic E-state index is 12.4. The van der Waals surface area contributed by atoms with Crippen LogP contribution < -0.4 is 5.32 Å². The van der Waals surface area contributed by atoms with Crippen LogP contribution in [-0.2, 0) is 9.53 Å². The van der Waals surface area contributed by atoms with Crippen molar-refractivity contribution in [3.63, 3.8) is 0 Å². The lowest BCUT2D eigenvalue weighted by atomic mass is 10.2. The Bertz CT molecular complexity index is 1000. The molecule has 1 amide bonds. The highest BCUT2D eigenvalue weighted by molar-refractivity contribution is 8.00. The number of carbonyl (C=O) groups excluding carboxylic acids is 2. The van der Waals surface area contributed by atoms with Crippen LogP contribution >= 0.6 is 11.8 Å². The average Bonchev–Trinajstić information content (AvgIpc) is 3.18. The van der Waals surface area contributed by atoms with Gasteiger partial charge >= 0.3 is 5.97 Å². The second-order valence-electron chi connectivity index (χ2n) is 5.91. The quantitative estimate of drug-likeness (QED) is 0.689. The Morgan fingerprint density at radius 1 is 1.22 bits per heavy atom. The molecule has 0 aliphatic carbocycles. The molecule has 1 N–H and O–H groups in total. The van der Waals surface area contributed by atoms with E-state index in [1.807, 2.05) is 30.3 Å². The normalized spacial score (nSPS) is 14.2. The molecule has 1 aliphatic heterocycles. The van der Waals surface area contributed by atoms with Crippen molar-refractivity contribution in [3.8, 4) is 11.5 Å². The summed E-state index contributed by atoms with van der Waals surface area (Å²) in [5.41, 5.74) is 1.74. The minimum absolute atomic E-state index is 0.0920. The molecule has 1 unspecified atom stereocenters. The number of benzene rings is 2. The van der Waals surface area contributed by atoms with E-state index < -0.39 is 12.1 Å². The number of aromatic nitrogens is 2. The highest BCUT2D eigenvalue weighted by Gasteiger charge is 2.22. The van der Waals surface area contributed by atoms with Crippen molar-refractivity contribution in [1.82, 2.24) is 10.2 Å². The van der Waals surface area contributed by atoms with E-state index in [9.17, 15) is 9.59 Å². The second-order valence-corrected chi connectivity index (χ2v) is 6.92. The van der Waals surface area contributed by atoms with Gasteiger partial charge in [0.2, 0.25) is 11.8 Å². The summed E-state index contributed by atoms with van der Waals surface area (Å²) in [6.45, 7) is 1.66. The summed E-state index contributed by atoms with van der Waals surface area (Å²) in [6.07, 6.45) is -0.706. The molecule has 27 heavy (non-hydrogen) atoms. The first-order valence-electron chi connectivity index (χ1n) is 8.26. The molecule has 1 aromatic heterocycles. The molecule has 0 saturated carbocycles. The summed E-state index contributed by atoms with van der Waals surface area (Å²) in [4.78, 5) is 24.9. The summed E-state index contributed by atoms with van der Waals surface area (Å²) >= 11 is 1.43. The number of carbonyl (C=O) groups is 2. The van der Waals surface area contributed by atoms with Gasteiger partial charge in [-0.15, -0.1) is 22.0 Å². The number of fused-ring (bicyclic) bond motifs is 1. The van der Waals surface area contributed by atoms with Gasteiger partial charge in [0.1, 0.15) is 0 Å². The highest BCUT2D eigenvalue weighted by Crippen LogP contribution is 2.32. The molecule has 0 radical (unpaired) electrons. The van der Waals surface area contributed by atoms with Gasteiger partial charge in [0.25, 0.3) is 5.89 Å². The molecule has 0 spiro atoms. The molecule has 3 aromatic rings. The molecule has 1 aliphatic rings. The van der Waals surface area contributed by atoms with E-state index in [2.05, 4.69) is 15.5 Å². The first kappa shape index (κ1) is 17.3. The van der Waals surface area contributed by atoms with Crippen LogP contribution in [0.1, 0.15) is 29.3 Å². The van der Waals surface area contributed by atoms with E-state index in [1.165, 1.54) is 11.8 Å². The minimum atomic E-state index is -0.706. The molecule has 4 rings (SSSR count). The fourth-order valence-electron chi connectivity index (χ4n) is 2.59. The lowest BCUT2D eigenvalue weighted by Crippen LogP contribution is -2.19. The number of hydrogen-bond acceptors (Lipinski definition) is 7. The van der Waals surface area contributed by atoms with E-state index in [0.29, 0.717) is 22.9 Å². The SMILES string of the molecule is CC(OC(=O)c1ccc2c(c1)NC(=O)CS2)c1nnc(-c2ccccc2)o1. The van der Waals surface area contributed by atoms with Gasteiger partial charge in [0.15, 0.2) is 6.10 Å². The molecule has 1 atom stereocenters. The molecular weight excluding hydrogens is 366 g/mol. The van der Waals surface area contributed by atoms with E-state index in [4.69, 9.17) is 9.15 Å². The van der Waals surface area contributed by atoms with Crippen LogP contribution in [0.3, 0.4) is 0 Å². The van der Waals surface area contributed by atoms with E-state index in [0.717, 1.165) is 10.5 Å². The van der Waals surface area contributed by atoms with E-state index >= 15 is 0 Å². The van der Waals surface area contributed by atoms with Crippen molar-refractivity contribution in [2.75, 3.05) is 11.1 Å². The van der Waals surface area contributed by atoms with E-state index in [-0.39, 0.29) is 11.8 Å². The van der Waals surface area contributed by atoms with Gasteiger partial charge in [0.05, 0.1) is 17.0 Å².